The zero-order valence-corrected chi connectivity index (χ0v) is 11.5. The molecular formula is C10H8BrClN4O2. The van der Waals surface area contributed by atoms with E-state index < -0.39 is 0 Å². The number of aromatic amines is 1. The maximum atomic E-state index is 11.9. The quantitative estimate of drug-likeness (QED) is 0.905. The number of ether oxygens (including phenoxy) is 1. The third-order valence-electron chi connectivity index (χ3n) is 2.00. The van der Waals surface area contributed by atoms with Crippen LogP contribution in [0, 0.1) is 0 Å². The molecule has 18 heavy (non-hydrogen) atoms. The Morgan fingerprint density at radius 1 is 1.50 bits per heavy atom. The largest absolute Gasteiger partial charge is 0.466 e. The average molecular weight is 332 g/mol. The summed E-state index contributed by atoms with van der Waals surface area (Å²) >= 11 is 9.12. The van der Waals surface area contributed by atoms with Crippen molar-refractivity contribution in [3.05, 3.63) is 33.3 Å². The number of anilines is 1. The van der Waals surface area contributed by atoms with E-state index >= 15 is 0 Å². The summed E-state index contributed by atoms with van der Waals surface area (Å²) in [6.45, 7) is 0. The van der Waals surface area contributed by atoms with Crippen molar-refractivity contribution in [2.75, 3.05) is 12.4 Å². The van der Waals surface area contributed by atoms with Crippen LogP contribution in [-0.2, 0) is 0 Å². The van der Waals surface area contributed by atoms with Crippen molar-refractivity contribution in [1.82, 2.24) is 15.2 Å². The zero-order valence-electron chi connectivity index (χ0n) is 9.20. The topological polar surface area (TPSA) is 79.9 Å². The minimum absolute atomic E-state index is 0.151. The fourth-order valence-electron chi connectivity index (χ4n) is 1.26. The molecule has 0 aliphatic carbocycles. The van der Waals surface area contributed by atoms with Gasteiger partial charge in [0.2, 0.25) is 5.95 Å². The molecule has 0 spiro atoms. The molecule has 0 bridgehead atoms. The predicted octanol–water partition coefficient (Wildman–Crippen LogP) is 2.48. The van der Waals surface area contributed by atoms with Gasteiger partial charge in [0, 0.05) is 15.1 Å². The number of methoxy groups -OCH3 is 1. The summed E-state index contributed by atoms with van der Waals surface area (Å²) in [4.78, 5) is 15.8. The molecule has 0 aliphatic heterocycles. The monoisotopic (exact) mass is 330 g/mol. The van der Waals surface area contributed by atoms with E-state index in [9.17, 15) is 4.79 Å². The molecule has 6 nitrogen and oxygen atoms in total. The first kappa shape index (κ1) is 12.8. The molecule has 1 heterocycles. The molecule has 0 radical (unpaired) electrons. The molecule has 0 saturated carbocycles. The van der Waals surface area contributed by atoms with Crippen LogP contribution < -0.4 is 10.1 Å². The summed E-state index contributed by atoms with van der Waals surface area (Å²) in [6, 6.07) is 5.04. The van der Waals surface area contributed by atoms with Crippen molar-refractivity contribution in [3.63, 3.8) is 0 Å². The first-order valence-electron chi connectivity index (χ1n) is 4.82. The number of carbonyl (C=O) groups excluding carboxylic acids is 1. The number of H-pyrrole nitrogens is 1. The molecule has 94 valence electrons. The standard InChI is InChI=1S/C10H8BrClN4O2/c1-18-10-14-9(15-16-10)13-8(17)5-2-6(11)4-7(12)3-5/h2-4H,1H3,(H2,13,14,15,16,17). The van der Waals surface area contributed by atoms with Crippen LogP contribution in [0.2, 0.25) is 5.02 Å². The van der Waals surface area contributed by atoms with Crippen LogP contribution in [0.15, 0.2) is 22.7 Å². The smallest absolute Gasteiger partial charge is 0.336 e. The minimum atomic E-state index is -0.350. The molecular weight excluding hydrogens is 323 g/mol. The number of halogens is 2. The molecule has 1 aromatic carbocycles. The van der Waals surface area contributed by atoms with Crippen molar-refractivity contribution in [2.45, 2.75) is 0 Å². The molecule has 0 fully saturated rings. The Bertz CT molecular complexity index is 567. The fraction of sp³-hybridized carbons (Fsp3) is 0.100. The molecule has 0 unspecified atom stereocenters. The van der Waals surface area contributed by atoms with Crippen LogP contribution in [0.25, 0.3) is 0 Å². The highest BCUT2D eigenvalue weighted by Crippen LogP contribution is 2.20. The second-order valence-electron chi connectivity index (χ2n) is 3.28. The van der Waals surface area contributed by atoms with Crippen LogP contribution in [0.1, 0.15) is 10.4 Å². The van der Waals surface area contributed by atoms with Gasteiger partial charge in [-0.2, -0.15) is 4.98 Å². The zero-order chi connectivity index (χ0) is 13.1. The van der Waals surface area contributed by atoms with Crippen LogP contribution in [0.5, 0.6) is 6.01 Å². The van der Waals surface area contributed by atoms with E-state index in [0.717, 1.165) is 4.47 Å². The summed E-state index contributed by atoms with van der Waals surface area (Å²) in [5.74, 6) is -0.148. The van der Waals surface area contributed by atoms with Gasteiger partial charge in [-0.3, -0.25) is 10.1 Å². The molecule has 1 aromatic heterocycles. The summed E-state index contributed by atoms with van der Waals surface area (Å²) in [7, 11) is 1.43. The highest BCUT2D eigenvalue weighted by molar-refractivity contribution is 9.10. The van der Waals surface area contributed by atoms with Gasteiger partial charge >= 0.3 is 6.01 Å². The molecule has 2 aromatic rings. The van der Waals surface area contributed by atoms with Crippen LogP contribution in [0.3, 0.4) is 0 Å². The molecule has 0 atom stereocenters. The number of carbonyl (C=O) groups is 1. The van der Waals surface area contributed by atoms with E-state index in [1.54, 1.807) is 18.2 Å². The number of amides is 1. The van der Waals surface area contributed by atoms with Crippen molar-refractivity contribution >= 4 is 39.4 Å². The highest BCUT2D eigenvalue weighted by atomic mass is 79.9. The lowest BCUT2D eigenvalue weighted by Crippen LogP contribution is -2.13. The van der Waals surface area contributed by atoms with Gasteiger partial charge in [-0.15, -0.1) is 5.10 Å². The lowest BCUT2D eigenvalue weighted by molar-refractivity contribution is 0.102. The van der Waals surface area contributed by atoms with Crippen LogP contribution in [0.4, 0.5) is 5.95 Å². The number of nitrogens with zero attached hydrogens (tertiary/aromatic N) is 2. The predicted molar refractivity (Wildman–Crippen MR) is 70.0 cm³/mol. The van der Waals surface area contributed by atoms with Gasteiger partial charge < -0.3 is 4.74 Å². The SMILES string of the molecule is COc1n[nH]c(NC(=O)c2cc(Cl)cc(Br)c2)n1. The first-order chi connectivity index (χ1) is 8.58. The van der Waals surface area contributed by atoms with Crippen LogP contribution in [-0.4, -0.2) is 28.2 Å². The van der Waals surface area contributed by atoms with E-state index in [-0.39, 0.29) is 17.9 Å². The van der Waals surface area contributed by atoms with E-state index in [4.69, 9.17) is 16.3 Å². The maximum Gasteiger partial charge on any atom is 0.336 e. The fourth-order valence-corrected chi connectivity index (χ4v) is 2.12. The third-order valence-corrected chi connectivity index (χ3v) is 2.68. The van der Waals surface area contributed by atoms with E-state index in [0.29, 0.717) is 10.6 Å². The van der Waals surface area contributed by atoms with Gasteiger partial charge in [0.15, 0.2) is 0 Å². The number of hydrogen-bond donors (Lipinski definition) is 2. The number of rotatable bonds is 3. The minimum Gasteiger partial charge on any atom is -0.466 e. The lowest BCUT2D eigenvalue weighted by Gasteiger charge is -2.02. The summed E-state index contributed by atoms with van der Waals surface area (Å²) in [6.07, 6.45) is 0. The van der Waals surface area contributed by atoms with Crippen molar-refractivity contribution in [3.8, 4) is 6.01 Å². The normalized spacial score (nSPS) is 10.2. The molecule has 1 amide bonds. The van der Waals surface area contributed by atoms with Gasteiger partial charge in [0.1, 0.15) is 0 Å². The molecule has 8 heteroatoms. The second kappa shape index (κ2) is 5.36. The lowest BCUT2D eigenvalue weighted by atomic mass is 10.2. The number of hydrogen-bond acceptors (Lipinski definition) is 4. The Hall–Kier alpha value is -1.60. The third kappa shape index (κ3) is 2.99. The molecule has 2 rings (SSSR count). The average Bonchev–Trinajstić information content (AvgIpc) is 2.75. The van der Waals surface area contributed by atoms with Gasteiger partial charge in [-0.05, 0) is 18.2 Å². The maximum absolute atomic E-state index is 11.9. The Morgan fingerprint density at radius 3 is 2.89 bits per heavy atom. The van der Waals surface area contributed by atoms with E-state index in [2.05, 4.69) is 36.4 Å². The van der Waals surface area contributed by atoms with E-state index in [1.807, 2.05) is 0 Å². The van der Waals surface area contributed by atoms with Gasteiger partial charge in [-0.25, -0.2) is 5.10 Å². The Kier molecular flexibility index (Phi) is 3.83. The Morgan fingerprint density at radius 2 is 2.28 bits per heavy atom. The molecule has 2 N–H and O–H groups in total. The van der Waals surface area contributed by atoms with Crippen molar-refractivity contribution in [1.29, 1.82) is 0 Å². The first-order valence-corrected chi connectivity index (χ1v) is 5.99. The Balaban J connectivity index is 2.16. The van der Waals surface area contributed by atoms with Gasteiger partial charge in [-0.1, -0.05) is 27.5 Å². The summed E-state index contributed by atoms with van der Waals surface area (Å²) < 4.78 is 5.50. The Labute approximate surface area is 116 Å². The number of benzene rings is 1. The van der Waals surface area contributed by atoms with Crippen LogP contribution >= 0.6 is 27.5 Å². The van der Waals surface area contributed by atoms with Crippen molar-refractivity contribution < 1.29 is 9.53 Å². The molecule has 0 saturated heterocycles. The summed E-state index contributed by atoms with van der Waals surface area (Å²) in [5.41, 5.74) is 0.407. The number of aromatic nitrogens is 3. The molecule has 0 aliphatic rings. The highest BCUT2D eigenvalue weighted by Gasteiger charge is 2.11. The van der Waals surface area contributed by atoms with E-state index in [1.165, 1.54) is 7.11 Å². The second-order valence-corrected chi connectivity index (χ2v) is 4.64. The number of nitrogens with one attached hydrogen (secondary N) is 2. The summed E-state index contributed by atoms with van der Waals surface area (Å²) in [5, 5.41) is 9.23. The van der Waals surface area contributed by atoms with Gasteiger partial charge in [0.05, 0.1) is 7.11 Å². The van der Waals surface area contributed by atoms with Crippen molar-refractivity contribution in [2.24, 2.45) is 0 Å². The van der Waals surface area contributed by atoms with Gasteiger partial charge in [0.25, 0.3) is 5.91 Å².